The molecule has 0 aromatic heterocycles. The summed E-state index contributed by atoms with van der Waals surface area (Å²) < 4.78 is 29.2. The molecule has 6 heteroatoms. The summed E-state index contributed by atoms with van der Waals surface area (Å²) in [6.45, 7) is 5.04. The Labute approximate surface area is 77.6 Å². The molecule has 1 amide bonds. The van der Waals surface area contributed by atoms with Gasteiger partial charge in [0, 0.05) is 6.54 Å². The van der Waals surface area contributed by atoms with Gasteiger partial charge in [0.2, 0.25) is 5.91 Å². The zero-order valence-corrected chi connectivity index (χ0v) is 8.17. The molecule has 0 bridgehead atoms. The summed E-state index contributed by atoms with van der Waals surface area (Å²) >= 11 is 0. The van der Waals surface area contributed by atoms with E-state index in [-0.39, 0.29) is 24.1 Å². The molecule has 0 heterocycles. The van der Waals surface area contributed by atoms with Gasteiger partial charge in [0.1, 0.15) is 0 Å². The molecule has 0 aromatic rings. The average Bonchev–Trinajstić information content (AvgIpc) is 1.97. The van der Waals surface area contributed by atoms with Gasteiger partial charge in [-0.25, -0.2) is 0 Å². The summed E-state index contributed by atoms with van der Waals surface area (Å²) in [5.41, 5.74) is 0. The van der Waals surface area contributed by atoms with Crippen LogP contribution in [0, 0.1) is 5.92 Å². The molecule has 0 aliphatic heterocycles. The molecule has 0 aliphatic carbocycles. The summed E-state index contributed by atoms with van der Waals surface area (Å²) in [5, 5.41) is 2.42. The lowest BCUT2D eigenvalue weighted by molar-refractivity contribution is -0.116. The third kappa shape index (κ3) is 7.48. The molecule has 0 fully saturated rings. The first kappa shape index (κ1) is 12.1. The zero-order valence-electron chi connectivity index (χ0n) is 7.36. The van der Waals surface area contributed by atoms with Crippen molar-refractivity contribution in [1.29, 1.82) is 0 Å². The standard InChI is InChI=1S/C7H13NO4S/c1-3-7(9)8-4-6(2)5-13(10,11)12/h3,6H,1,4-5H2,2H3,(H,8,9)(H,10,11,12). The lowest BCUT2D eigenvalue weighted by atomic mass is 10.2. The minimum Gasteiger partial charge on any atom is -0.352 e. The molecule has 2 N–H and O–H groups in total. The lowest BCUT2D eigenvalue weighted by Crippen LogP contribution is -2.29. The Morgan fingerprint density at radius 3 is 2.62 bits per heavy atom. The van der Waals surface area contributed by atoms with E-state index in [0.29, 0.717) is 0 Å². The minimum absolute atomic E-state index is 0.199. The Morgan fingerprint density at radius 2 is 2.23 bits per heavy atom. The largest absolute Gasteiger partial charge is 0.352 e. The van der Waals surface area contributed by atoms with Crippen LogP contribution in [0.25, 0.3) is 0 Å². The maximum absolute atomic E-state index is 10.6. The molecular formula is C7H13NO4S. The van der Waals surface area contributed by atoms with Crippen molar-refractivity contribution in [2.45, 2.75) is 6.92 Å². The van der Waals surface area contributed by atoms with Gasteiger partial charge in [-0.1, -0.05) is 13.5 Å². The van der Waals surface area contributed by atoms with Gasteiger partial charge < -0.3 is 5.32 Å². The first-order chi connectivity index (χ1) is 5.85. The third-order valence-electron chi connectivity index (χ3n) is 1.31. The van der Waals surface area contributed by atoms with Crippen LogP contribution in [0.15, 0.2) is 12.7 Å². The van der Waals surface area contributed by atoms with E-state index in [1.807, 2.05) is 0 Å². The Morgan fingerprint density at radius 1 is 1.69 bits per heavy atom. The van der Waals surface area contributed by atoms with Gasteiger partial charge in [-0.2, -0.15) is 8.42 Å². The van der Waals surface area contributed by atoms with Crippen molar-refractivity contribution in [3.8, 4) is 0 Å². The topological polar surface area (TPSA) is 83.5 Å². The summed E-state index contributed by atoms with van der Waals surface area (Å²) in [4.78, 5) is 10.6. The van der Waals surface area contributed by atoms with Crippen LogP contribution in [0.4, 0.5) is 0 Å². The normalized spacial score (nSPS) is 13.4. The highest BCUT2D eigenvalue weighted by molar-refractivity contribution is 7.85. The summed E-state index contributed by atoms with van der Waals surface area (Å²) in [7, 11) is -3.96. The van der Waals surface area contributed by atoms with Crippen LogP contribution in [0.3, 0.4) is 0 Å². The van der Waals surface area contributed by atoms with Gasteiger partial charge in [-0.15, -0.1) is 0 Å². The van der Waals surface area contributed by atoms with Crippen LogP contribution in [0.5, 0.6) is 0 Å². The van der Waals surface area contributed by atoms with E-state index in [1.54, 1.807) is 6.92 Å². The maximum atomic E-state index is 10.6. The SMILES string of the molecule is C=CC(=O)NCC(C)CS(=O)(=O)O. The number of hydrogen-bond donors (Lipinski definition) is 2. The van der Waals surface area contributed by atoms with E-state index < -0.39 is 10.1 Å². The average molecular weight is 207 g/mol. The molecule has 0 radical (unpaired) electrons. The van der Waals surface area contributed by atoms with Crippen molar-refractivity contribution < 1.29 is 17.8 Å². The van der Waals surface area contributed by atoms with Gasteiger partial charge in [0.05, 0.1) is 5.75 Å². The molecule has 0 aromatic carbocycles. The molecule has 0 rings (SSSR count). The summed E-state index contributed by atoms with van der Waals surface area (Å²) in [6.07, 6.45) is 1.10. The molecule has 0 spiro atoms. The summed E-state index contributed by atoms with van der Waals surface area (Å²) in [5.74, 6) is -1.04. The van der Waals surface area contributed by atoms with Gasteiger partial charge in [0.15, 0.2) is 0 Å². The van der Waals surface area contributed by atoms with Crippen LogP contribution in [0.2, 0.25) is 0 Å². The van der Waals surface area contributed by atoms with Crippen LogP contribution in [-0.2, 0) is 14.9 Å². The Bertz CT molecular complexity index is 283. The lowest BCUT2D eigenvalue weighted by Gasteiger charge is -2.08. The second-order valence-electron chi connectivity index (χ2n) is 2.80. The number of rotatable bonds is 5. The number of hydrogen-bond acceptors (Lipinski definition) is 3. The zero-order chi connectivity index (χ0) is 10.5. The minimum atomic E-state index is -3.96. The molecule has 0 saturated heterocycles. The van der Waals surface area contributed by atoms with Crippen molar-refractivity contribution in [1.82, 2.24) is 5.32 Å². The first-order valence-electron chi connectivity index (χ1n) is 3.70. The van der Waals surface area contributed by atoms with Crippen molar-refractivity contribution in [3.05, 3.63) is 12.7 Å². The van der Waals surface area contributed by atoms with Gasteiger partial charge >= 0.3 is 0 Å². The second-order valence-corrected chi connectivity index (χ2v) is 4.30. The number of carbonyl (C=O) groups excluding carboxylic acids is 1. The van der Waals surface area contributed by atoms with E-state index in [4.69, 9.17) is 4.55 Å². The van der Waals surface area contributed by atoms with Gasteiger partial charge in [-0.3, -0.25) is 9.35 Å². The van der Waals surface area contributed by atoms with Crippen molar-refractivity contribution in [2.75, 3.05) is 12.3 Å². The number of nitrogens with one attached hydrogen (secondary N) is 1. The van der Waals surface area contributed by atoms with Crippen molar-refractivity contribution in [2.24, 2.45) is 5.92 Å². The monoisotopic (exact) mass is 207 g/mol. The molecular weight excluding hydrogens is 194 g/mol. The van der Waals surface area contributed by atoms with Crippen molar-refractivity contribution in [3.63, 3.8) is 0 Å². The van der Waals surface area contributed by atoms with Crippen molar-refractivity contribution >= 4 is 16.0 Å². The molecule has 76 valence electrons. The third-order valence-corrected chi connectivity index (χ3v) is 2.30. The van der Waals surface area contributed by atoms with Crippen LogP contribution in [-0.4, -0.2) is 31.2 Å². The molecule has 13 heavy (non-hydrogen) atoms. The van der Waals surface area contributed by atoms with E-state index in [0.717, 1.165) is 6.08 Å². The van der Waals surface area contributed by atoms with E-state index >= 15 is 0 Å². The Balaban J connectivity index is 3.83. The fraction of sp³-hybridized carbons (Fsp3) is 0.571. The van der Waals surface area contributed by atoms with Crippen LogP contribution >= 0.6 is 0 Å². The molecule has 1 unspecified atom stereocenters. The number of carbonyl (C=O) groups is 1. The smallest absolute Gasteiger partial charge is 0.265 e. The Kier molecular flexibility index (Phi) is 4.64. The highest BCUT2D eigenvalue weighted by Gasteiger charge is 2.12. The first-order valence-corrected chi connectivity index (χ1v) is 5.31. The highest BCUT2D eigenvalue weighted by Crippen LogP contribution is 1.97. The Hall–Kier alpha value is -0.880. The predicted molar refractivity (Wildman–Crippen MR) is 48.8 cm³/mol. The highest BCUT2D eigenvalue weighted by atomic mass is 32.2. The predicted octanol–water partition coefficient (Wildman–Crippen LogP) is -0.187. The maximum Gasteiger partial charge on any atom is 0.265 e. The van der Waals surface area contributed by atoms with Crippen LogP contribution in [0.1, 0.15) is 6.92 Å². The van der Waals surface area contributed by atoms with Crippen LogP contribution < -0.4 is 5.32 Å². The quantitative estimate of drug-likeness (QED) is 0.483. The number of amides is 1. The fourth-order valence-electron chi connectivity index (χ4n) is 0.765. The molecule has 1 atom stereocenters. The molecule has 0 saturated carbocycles. The van der Waals surface area contributed by atoms with E-state index in [9.17, 15) is 13.2 Å². The molecule has 5 nitrogen and oxygen atoms in total. The molecule has 0 aliphatic rings. The van der Waals surface area contributed by atoms with Gasteiger partial charge in [-0.05, 0) is 12.0 Å². The van der Waals surface area contributed by atoms with E-state index in [2.05, 4.69) is 11.9 Å². The van der Waals surface area contributed by atoms with Gasteiger partial charge in [0.25, 0.3) is 10.1 Å². The second kappa shape index (κ2) is 4.98. The fourth-order valence-corrected chi connectivity index (χ4v) is 1.60. The summed E-state index contributed by atoms with van der Waals surface area (Å²) in [6, 6.07) is 0. The van der Waals surface area contributed by atoms with E-state index in [1.165, 1.54) is 0 Å².